The van der Waals surface area contributed by atoms with Gasteiger partial charge in [-0.25, -0.2) is 0 Å². The molecule has 0 aliphatic rings. The molecule has 0 unspecified atom stereocenters. The molecule has 3 nitrogen and oxygen atoms in total. The molecule has 0 amide bonds. The van der Waals surface area contributed by atoms with Gasteiger partial charge in [-0.3, -0.25) is 0 Å². The van der Waals surface area contributed by atoms with Gasteiger partial charge in [0.15, 0.2) is 0 Å². The molecule has 0 saturated heterocycles. The molecule has 1 aromatic rings. The fourth-order valence-electron chi connectivity index (χ4n) is 1.36. The topological polar surface area (TPSA) is 38.3 Å². The van der Waals surface area contributed by atoms with Gasteiger partial charge in [0.1, 0.15) is 0 Å². The molecule has 1 N–H and O–H groups in total. The number of thioether (sulfide) groups is 1. The third kappa shape index (κ3) is 6.28. The number of benzene rings is 1. The Kier molecular flexibility index (Phi) is 7.88. The molecule has 0 fully saturated rings. The van der Waals surface area contributed by atoms with Crippen LogP contribution in [0.5, 0.6) is 0 Å². The minimum absolute atomic E-state index is 0.413. The first-order valence-electron chi connectivity index (χ1n) is 5.84. The number of thiocarbonyl (C=S) groups is 1. The molecular formula is C12H16BNO2S2. The van der Waals surface area contributed by atoms with Crippen LogP contribution in [0.15, 0.2) is 29.2 Å². The van der Waals surface area contributed by atoms with Gasteiger partial charge < -0.3 is 0 Å². The van der Waals surface area contributed by atoms with Crippen molar-refractivity contribution >= 4 is 35.5 Å². The molecule has 0 aromatic heterocycles. The van der Waals surface area contributed by atoms with Crippen LogP contribution in [-0.2, 0) is 15.9 Å². The van der Waals surface area contributed by atoms with Crippen molar-refractivity contribution in [2.24, 2.45) is 0 Å². The van der Waals surface area contributed by atoms with E-state index in [-0.39, 0.29) is 0 Å². The molecule has 0 saturated carbocycles. The molecule has 0 atom stereocenters. The monoisotopic (exact) mass is 281 g/mol. The van der Waals surface area contributed by atoms with Gasteiger partial charge >= 0.3 is 111 Å². The number of hydrogen-bond acceptors (Lipinski definition) is 5. The molecule has 0 bridgehead atoms. The van der Waals surface area contributed by atoms with Gasteiger partial charge in [-0.1, -0.05) is 0 Å². The minimum atomic E-state index is 0.413. The first-order chi connectivity index (χ1) is 8.76. The van der Waals surface area contributed by atoms with Gasteiger partial charge in [0, 0.05) is 0 Å². The molecule has 0 aliphatic carbocycles. The van der Waals surface area contributed by atoms with Crippen molar-refractivity contribution in [3.63, 3.8) is 0 Å². The van der Waals surface area contributed by atoms with Crippen molar-refractivity contribution < 1.29 is 9.44 Å². The second-order valence-electron chi connectivity index (χ2n) is 3.55. The van der Waals surface area contributed by atoms with Crippen LogP contribution >= 0.6 is 24.0 Å². The summed E-state index contributed by atoms with van der Waals surface area (Å²) in [5.74, 6) is 0. The van der Waals surface area contributed by atoms with Gasteiger partial charge in [-0.2, -0.15) is 0 Å². The van der Waals surface area contributed by atoms with Gasteiger partial charge in [-0.05, 0) is 6.92 Å². The molecule has 0 spiro atoms. The Bertz CT molecular complexity index is 384. The van der Waals surface area contributed by atoms with Crippen LogP contribution in [0.3, 0.4) is 0 Å². The second kappa shape index (κ2) is 9.25. The summed E-state index contributed by atoms with van der Waals surface area (Å²) in [4.78, 5) is 1.08. The van der Waals surface area contributed by atoms with E-state index in [0.29, 0.717) is 17.4 Å². The van der Waals surface area contributed by atoms with Crippen molar-refractivity contribution in [2.45, 2.75) is 18.2 Å². The van der Waals surface area contributed by atoms with Crippen molar-refractivity contribution in [2.75, 3.05) is 19.6 Å². The van der Waals surface area contributed by atoms with Crippen molar-refractivity contribution in [3.05, 3.63) is 29.8 Å². The zero-order valence-electron chi connectivity index (χ0n) is 10.3. The summed E-state index contributed by atoms with van der Waals surface area (Å²) >= 11 is 6.52. The van der Waals surface area contributed by atoms with Crippen LogP contribution < -0.4 is 5.32 Å². The Balaban J connectivity index is 2.37. The fraction of sp³-hybridized carbons (Fsp3) is 0.417. The van der Waals surface area contributed by atoms with Gasteiger partial charge in [0.25, 0.3) is 0 Å². The molecule has 6 heteroatoms. The predicted molar refractivity (Wildman–Crippen MR) is 79.5 cm³/mol. The summed E-state index contributed by atoms with van der Waals surface area (Å²) in [6, 6.07) is 8.20. The molecule has 96 valence electrons. The zero-order chi connectivity index (χ0) is 13.2. The predicted octanol–water partition coefficient (Wildman–Crippen LogP) is 2.24. The van der Waals surface area contributed by atoms with Crippen LogP contribution in [0.1, 0.15) is 12.5 Å². The molecule has 1 aromatic carbocycles. The quantitative estimate of drug-likeness (QED) is 0.359. The summed E-state index contributed by atoms with van der Waals surface area (Å²) in [6.07, 6.45) is 1.32. The SMILES string of the molecule is CCOC(=S)Sc1ccc(CCNCB=O)cc1. The maximum atomic E-state index is 10.1. The van der Waals surface area contributed by atoms with E-state index in [1.807, 2.05) is 19.1 Å². The summed E-state index contributed by atoms with van der Waals surface area (Å²) in [5.41, 5.74) is 1.24. The molecular weight excluding hydrogens is 265 g/mol. The maximum absolute atomic E-state index is 10.1. The zero-order valence-corrected chi connectivity index (χ0v) is 12.0. The van der Waals surface area contributed by atoms with E-state index in [0.717, 1.165) is 25.0 Å². The van der Waals surface area contributed by atoms with E-state index in [4.69, 9.17) is 17.0 Å². The Morgan fingerprint density at radius 2 is 2.17 bits per heavy atom. The molecule has 0 aliphatic heterocycles. The van der Waals surface area contributed by atoms with E-state index in [2.05, 4.69) is 17.4 Å². The average Bonchev–Trinajstić information content (AvgIpc) is 2.37. The van der Waals surface area contributed by atoms with E-state index in [9.17, 15) is 4.70 Å². The molecule has 18 heavy (non-hydrogen) atoms. The summed E-state index contributed by atoms with van der Waals surface area (Å²) < 4.78 is 15.9. The molecule has 0 heterocycles. The number of nitrogens with one attached hydrogen (secondary N) is 1. The molecule has 0 radical (unpaired) electrons. The first-order valence-corrected chi connectivity index (χ1v) is 7.06. The van der Waals surface area contributed by atoms with Gasteiger partial charge in [-0.15, -0.1) is 0 Å². The van der Waals surface area contributed by atoms with Crippen molar-refractivity contribution in [1.29, 1.82) is 0 Å². The first kappa shape index (κ1) is 15.3. The number of rotatable bonds is 7. The van der Waals surface area contributed by atoms with E-state index >= 15 is 0 Å². The van der Waals surface area contributed by atoms with Crippen molar-refractivity contribution in [1.82, 2.24) is 5.32 Å². The van der Waals surface area contributed by atoms with Crippen LogP contribution in [0.25, 0.3) is 0 Å². The van der Waals surface area contributed by atoms with Crippen LogP contribution in [0, 0.1) is 0 Å². The normalized spacial score (nSPS) is 9.83. The standard InChI is InChI=1S/C12H16BNO2S2/c1-2-16-12(17)18-11-5-3-10(4-6-11)7-8-14-9-13-15/h3-6,14H,2,7-9H2,1H3. The van der Waals surface area contributed by atoms with Crippen LogP contribution in [0.2, 0.25) is 0 Å². The summed E-state index contributed by atoms with van der Waals surface area (Å²) in [6.45, 7) is 3.33. The van der Waals surface area contributed by atoms with Gasteiger partial charge in [0.05, 0.1) is 0 Å². The third-order valence-corrected chi connectivity index (χ3v) is 3.37. The Morgan fingerprint density at radius 3 is 2.78 bits per heavy atom. The summed E-state index contributed by atoms with van der Waals surface area (Å²) in [5, 5.41) is 3.03. The Morgan fingerprint density at radius 1 is 1.44 bits per heavy atom. The average molecular weight is 281 g/mol. The van der Waals surface area contributed by atoms with Gasteiger partial charge in [0.2, 0.25) is 0 Å². The van der Waals surface area contributed by atoms with Crippen LogP contribution in [0.4, 0.5) is 0 Å². The van der Waals surface area contributed by atoms with Crippen molar-refractivity contribution in [3.8, 4) is 0 Å². The van der Waals surface area contributed by atoms with E-state index < -0.39 is 0 Å². The fourth-order valence-corrected chi connectivity index (χ4v) is 2.41. The summed E-state index contributed by atoms with van der Waals surface area (Å²) in [7, 11) is 0.869. The van der Waals surface area contributed by atoms with Crippen LogP contribution in [-0.4, -0.2) is 31.1 Å². The van der Waals surface area contributed by atoms with E-state index in [1.165, 1.54) is 17.3 Å². The Hall–Kier alpha value is -0.715. The Labute approximate surface area is 118 Å². The number of hydrogen-bond donors (Lipinski definition) is 1. The van der Waals surface area contributed by atoms with E-state index in [1.54, 1.807) is 0 Å². The third-order valence-electron chi connectivity index (χ3n) is 2.20. The number of ether oxygens (including phenoxy) is 1. The molecule has 1 rings (SSSR count). The second-order valence-corrected chi connectivity index (χ2v) is 5.23.